The van der Waals surface area contributed by atoms with E-state index in [2.05, 4.69) is 12.2 Å². The van der Waals surface area contributed by atoms with Gasteiger partial charge in [0.15, 0.2) is 0 Å². The quantitative estimate of drug-likeness (QED) is 0.492. The van der Waals surface area contributed by atoms with Crippen molar-refractivity contribution in [2.24, 2.45) is 11.7 Å². The fraction of sp³-hybridized carbons (Fsp3) is 1.00. The monoisotopic (exact) mass is 146 g/mol. The zero-order valence-corrected chi connectivity index (χ0v) is 6.80. The molecule has 2 unspecified atom stereocenters. The summed E-state index contributed by atoms with van der Waals surface area (Å²) in [6.45, 7) is 6.09. The lowest BCUT2D eigenvalue weighted by molar-refractivity contribution is 0.189. The Bertz CT molecular complexity index is 76.0. The van der Waals surface area contributed by atoms with Crippen molar-refractivity contribution >= 4 is 0 Å². The van der Waals surface area contributed by atoms with Crippen molar-refractivity contribution in [1.29, 1.82) is 0 Å². The molecule has 2 atom stereocenters. The average molecular weight is 146 g/mol. The molecule has 0 aromatic carbocycles. The van der Waals surface area contributed by atoms with Crippen LogP contribution in [0.5, 0.6) is 0 Å². The third-order valence-electron chi connectivity index (χ3n) is 1.33. The number of aliphatic hydroxyl groups excluding tert-OH is 1. The van der Waals surface area contributed by atoms with Gasteiger partial charge in [0, 0.05) is 6.54 Å². The molecular weight excluding hydrogens is 128 g/mol. The summed E-state index contributed by atoms with van der Waals surface area (Å²) in [6, 6.07) is 0. The van der Waals surface area contributed by atoms with E-state index in [1.807, 2.05) is 0 Å². The highest BCUT2D eigenvalue weighted by Crippen LogP contribution is 1.86. The summed E-state index contributed by atoms with van der Waals surface area (Å²) in [6.07, 6.45) is -0.259. The smallest absolute Gasteiger partial charge is 0.0636 e. The number of nitrogens with one attached hydrogen (secondary N) is 1. The van der Waals surface area contributed by atoms with Gasteiger partial charge in [-0.15, -0.1) is 0 Å². The third-order valence-corrected chi connectivity index (χ3v) is 1.33. The van der Waals surface area contributed by atoms with Gasteiger partial charge in [-0.1, -0.05) is 6.92 Å². The second-order valence-corrected chi connectivity index (χ2v) is 2.85. The van der Waals surface area contributed by atoms with E-state index in [0.717, 1.165) is 6.54 Å². The van der Waals surface area contributed by atoms with Crippen molar-refractivity contribution in [3.8, 4) is 0 Å². The molecule has 0 aromatic heterocycles. The van der Waals surface area contributed by atoms with Crippen LogP contribution in [0.2, 0.25) is 0 Å². The van der Waals surface area contributed by atoms with Gasteiger partial charge in [0.25, 0.3) is 0 Å². The minimum absolute atomic E-state index is 0.259. The van der Waals surface area contributed by atoms with Gasteiger partial charge in [0.1, 0.15) is 0 Å². The van der Waals surface area contributed by atoms with Crippen LogP contribution in [-0.2, 0) is 0 Å². The number of hydrogen-bond donors (Lipinski definition) is 3. The van der Waals surface area contributed by atoms with Gasteiger partial charge < -0.3 is 16.2 Å². The van der Waals surface area contributed by atoms with Gasteiger partial charge in [-0.2, -0.15) is 0 Å². The molecule has 0 aromatic rings. The lowest BCUT2D eigenvalue weighted by Crippen LogP contribution is -2.31. The Morgan fingerprint density at radius 2 is 2.00 bits per heavy atom. The molecule has 0 heterocycles. The predicted molar refractivity (Wildman–Crippen MR) is 42.8 cm³/mol. The van der Waals surface area contributed by atoms with E-state index < -0.39 is 0 Å². The molecule has 0 radical (unpaired) electrons. The van der Waals surface area contributed by atoms with Crippen molar-refractivity contribution in [3.05, 3.63) is 0 Å². The standard InChI is InChI=1S/C7H18N2O/c1-6(3-8)4-9-5-7(2)10/h6-7,9-10H,3-5,8H2,1-2H3. The van der Waals surface area contributed by atoms with Crippen molar-refractivity contribution in [3.63, 3.8) is 0 Å². The van der Waals surface area contributed by atoms with E-state index >= 15 is 0 Å². The maximum absolute atomic E-state index is 8.84. The van der Waals surface area contributed by atoms with Gasteiger partial charge in [-0.05, 0) is 25.9 Å². The summed E-state index contributed by atoms with van der Waals surface area (Å²) in [5, 5.41) is 11.9. The third kappa shape index (κ3) is 6.01. The molecule has 0 rings (SSSR count). The first kappa shape index (κ1) is 9.88. The van der Waals surface area contributed by atoms with Crippen LogP contribution in [0.1, 0.15) is 13.8 Å². The Kier molecular flexibility index (Phi) is 5.58. The Balaban J connectivity index is 3.03. The average Bonchev–Trinajstić information content (AvgIpc) is 1.87. The molecule has 3 nitrogen and oxygen atoms in total. The summed E-state index contributed by atoms with van der Waals surface area (Å²) < 4.78 is 0. The molecule has 0 aliphatic rings. The summed E-state index contributed by atoms with van der Waals surface area (Å²) in [7, 11) is 0. The lowest BCUT2D eigenvalue weighted by Gasteiger charge is -2.10. The Hall–Kier alpha value is -0.120. The molecule has 0 bridgehead atoms. The van der Waals surface area contributed by atoms with Gasteiger partial charge in [0.2, 0.25) is 0 Å². The number of nitrogens with two attached hydrogens (primary N) is 1. The van der Waals surface area contributed by atoms with E-state index in [-0.39, 0.29) is 6.10 Å². The molecule has 0 fully saturated rings. The van der Waals surface area contributed by atoms with E-state index in [4.69, 9.17) is 10.8 Å². The van der Waals surface area contributed by atoms with Crippen molar-refractivity contribution < 1.29 is 5.11 Å². The summed E-state index contributed by atoms with van der Waals surface area (Å²) >= 11 is 0. The molecule has 0 saturated heterocycles. The molecular formula is C7H18N2O. The van der Waals surface area contributed by atoms with E-state index in [0.29, 0.717) is 19.0 Å². The molecule has 0 aliphatic carbocycles. The predicted octanol–water partition coefficient (Wildman–Crippen LogP) is -0.448. The van der Waals surface area contributed by atoms with Gasteiger partial charge in [-0.3, -0.25) is 0 Å². The maximum Gasteiger partial charge on any atom is 0.0636 e. The zero-order valence-electron chi connectivity index (χ0n) is 6.80. The largest absolute Gasteiger partial charge is 0.392 e. The van der Waals surface area contributed by atoms with Crippen LogP contribution in [-0.4, -0.2) is 30.8 Å². The Morgan fingerprint density at radius 3 is 2.40 bits per heavy atom. The van der Waals surface area contributed by atoms with Crippen LogP contribution in [0.15, 0.2) is 0 Å². The molecule has 62 valence electrons. The van der Waals surface area contributed by atoms with E-state index in [1.54, 1.807) is 6.92 Å². The van der Waals surface area contributed by atoms with Crippen molar-refractivity contribution in [2.45, 2.75) is 20.0 Å². The SMILES string of the molecule is CC(O)CNCC(C)CN. The second kappa shape index (κ2) is 5.65. The van der Waals surface area contributed by atoms with Crippen LogP contribution in [0.3, 0.4) is 0 Å². The van der Waals surface area contributed by atoms with Crippen LogP contribution >= 0.6 is 0 Å². The van der Waals surface area contributed by atoms with Crippen LogP contribution in [0.4, 0.5) is 0 Å². The first-order chi connectivity index (χ1) is 4.66. The topological polar surface area (TPSA) is 58.3 Å². The van der Waals surface area contributed by atoms with Crippen molar-refractivity contribution in [2.75, 3.05) is 19.6 Å². The molecule has 4 N–H and O–H groups in total. The number of aliphatic hydroxyl groups is 1. The fourth-order valence-corrected chi connectivity index (χ4v) is 0.622. The minimum Gasteiger partial charge on any atom is -0.392 e. The van der Waals surface area contributed by atoms with Crippen LogP contribution < -0.4 is 11.1 Å². The normalized spacial score (nSPS) is 16.8. The van der Waals surface area contributed by atoms with Gasteiger partial charge in [-0.25, -0.2) is 0 Å². The summed E-state index contributed by atoms with van der Waals surface area (Å²) in [5.41, 5.74) is 5.39. The van der Waals surface area contributed by atoms with Gasteiger partial charge in [0.05, 0.1) is 6.10 Å². The minimum atomic E-state index is -0.259. The van der Waals surface area contributed by atoms with Gasteiger partial charge >= 0.3 is 0 Å². The van der Waals surface area contributed by atoms with Crippen LogP contribution in [0, 0.1) is 5.92 Å². The molecule has 3 heteroatoms. The van der Waals surface area contributed by atoms with Crippen LogP contribution in [0.25, 0.3) is 0 Å². The highest BCUT2D eigenvalue weighted by atomic mass is 16.3. The maximum atomic E-state index is 8.84. The number of hydrogen-bond acceptors (Lipinski definition) is 3. The second-order valence-electron chi connectivity index (χ2n) is 2.85. The van der Waals surface area contributed by atoms with Crippen molar-refractivity contribution in [1.82, 2.24) is 5.32 Å². The first-order valence-electron chi connectivity index (χ1n) is 3.75. The number of rotatable bonds is 5. The Labute approximate surface area is 62.6 Å². The summed E-state index contributed by atoms with van der Waals surface area (Å²) in [4.78, 5) is 0. The highest BCUT2D eigenvalue weighted by molar-refractivity contribution is 4.58. The fourth-order valence-electron chi connectivity index (χ4n) is 0.622. The summed E-state index contributed by atoms with van der Waals surface area (Å²) in [5.74, 6) is 0.499. The van der Waals surface area contributed by atoms with E-state index in [9.17, 15) is 0 Å². The Morgan fingerprint density at radius 1 is 1.40 bits per heavy atom. The first-order valence-corrected chi connectivity index (χ1v) is 3.75. The molecule has 0 spiro atoms. The highest BCUT2D eigenvalue weighted by Gasteiger charge is 1.98. The lowest BCUT2D eigenvalue weighted by atomic mass is 10.2. The molecule has 0 amide bonds. The molecule has 0 saturated carbocycles. The molecule has 0 aliphatic heterocycles. The zero-order chi connectivity index (χ0) is 7.98. The molecule has 10 heavy (non-hydrogen) atoms. The van der Waals surface area contributed by atoms with E-state index in [1.165, 1.54) is 0 Å².